The van der Waals surface area contributed by atoms with Crippen LogP contribution in [0.25, 0.3) is 0 Å². The van der Waals surface area contributed by atoms with Gasteiger partial charge in [-0.3, -0.25) is 9.48 Å². The average molecular weight is 451 g/mol. The highest BCUT2D eigenvalue weighted by Gasteiger charge is 2.25. The van der Waals surface area contributed by atoms with Crippen molar-refractivity contribution in [1.29, 1.82) is 0 Å². The van der Waals surface area contributed by atoms with Crippen molar-refractivity contribution in [2.75, 3.05) is 6.54 Å². The molecule has 0 saturated heterocycles. The van der Waals surface area contributed by atoms with E-state index in [2.05, 4.69) is 10.4 Å². The van der Waals surface area contributed by atoms with Crippen LogP contribution in [0.1, 0.15) is 53.8 Å². The Balaban J connectivity index is 1.38. The lowest BCUT2D eigenvalue weighted by atomic mass is 10.2. The molecule has 7 nitrogen and oxygen atoms in total. The Bertz CT molecular complexity index is 920. The van der Waals surface area contributed by atoms with Gasteiger partial charge in [0.1, 0.15) is 6.61 Å². The first-order chi connectivity index (χ1) is 14.5. The molecule has 0 bridgehead atoms. The molecule has 4 rings (SSSR count). The maximum absolute atomic E-state index is 12.6. The Labute approximate surface area is 185 Å². The predicted octanol–water partition coefficient (Wildman–Crippen LogP) is 4.40. The van der Waals surface area contributed by atoms with Crippen LogP contribution < -0.4 is 5.32 Å². The van der Waals surface area contributed by atoms with Crippen LogP contribution in [0.3, 0.4) is 0 Å². The van der Waals surface area contributed by atoms with Crippen LogP contribution in [-0.2, 0) is 24.4 Å². The zero-order chi connectivity index (χ0) is 21.1. The zero-order valence-electron chi connectivity index (χ0n) is 16.6. The number of amides is 2. The molecule has 0 atom stereocenters. The van der Waals surface area contributed by atoms with Gasteiger partial charge < -0.3 is 15.0 Å². The Morgan fingerprint density at radius 1 is 1.07 bits per heavy atom. The van der Waals surface area contributed by atoms with E-state index in [1.807, 2.05) is 4.68 Å². The summed E-state index contributed by atoms with van der Waals surface area (Å²) in [5, 5.41) is 8.51. The molecule has 0 radical (unpaired) electrons. The molecule has 0 unspecified atom stereocenters. The number of carbonyl (C=O) groups excluding carboxylic acids is 2. The number of rotatable bonds is 4. The predicted molar refractivity (Wildman–Crippen MR) is 114 cm³/mol. The van der Waals surface area contributed by atoms with E-state index in [-0.39, 0.29) is 18.6 Å². The molecule has 2 heterocycles. The molecular formula is C21H24Cl2N4O3. The van der Waals surface area contributed by atoms with E-state index < -0.39 is 6.09 Å². The quantitative estimate of drug-likeness (QED) is 0.748. The largest absolute Gasteiger partial charge is 0.445 e. The maximum atomic E-state index is 12.6. The molecule has 9 heteroatoms. The fourth-order valence-corrected chi connectivity index (χ4v) is 4.56. The van der Waals surface area contributed by atoms with Crippen LogP contribution >= 0.6 is 23.2 Å². The molecule has 1 N–H and O–H groups in total. The van der Waals surface area contributed by atoms with Gasteiger partial charge in [0.2, 0.25) is 0 Å². The lowest BCUT2D eigenvalue weighted by molar-refractivity contribution is 0.0931. The van der Waals surface area contributed by atoms with Crippen molar-refractivity contribution in [1.82, 2.24) is 20.0 Å². The van der Waals surface area contributed by atoms with Gasteiger partial charge in [-0.25, -0.2) is 4.79 Å². The summed E-state index contributed by atoms with van der Waals surface area (Å²) in [5.41, 5.74) is 1.96. The van der Waals surface area contributed by atoms with Crippen LogP contribution in [-0.4, -0.2) is 39.3 Å². The Morgan fingerprint density at radius 2 is 1.80 bits per heavy atom. The van der Waals surface area contributed by atoms with Crippen molar-refractivity contribution in [3.05, 3.63) is 51.3 Å². The Morgan fingerprint density at radius 3 is 2.53 bits per heavy atom. The summed E-state index contributed by atoms with van der Waals surface area (Å²) in [6.07, 6.45) is 4.67. The van der Waals surface area contributed by atoms with E-state index in [1.165, 1.54) is 0 Å². The Hall–Kier alpha value is -2.25. The first-order valence-corrected chi connectivity index (χ1v) is 11.0. The monoisotopic (exact) mass is 450 g/mol. The number of nitrogens with zero attached hydrogens (tertiary/aromatic N) is 3. The van der Waals surface area contributed by atoms with Gasteiger partial charge in [0, 0.05) is 29.2 Å². The third-order valence-electron chi connectivity index (χ3n) is 5.48. The summed E-state index contributed by atoms with van der Waals surface area (Å²) in [6, 6.07) is 7.07. The van der Waals surface area contributed by atoms with E-state index in [0.717, 1.165) is 43.4 Å². The van der Waals surface area contributed by atoms with E-state index in [4.69, 9.17) is 27.9 Å². The zero-order valence-corrected chi connectivity index (χ0v) is 18.1. The average Bonchev–Trinajstić information content (AvgIpc) is 3.31. The molecule has 1 aliphatic carbocycles. The molecule has 160 valence electrons. The molecule has 2 amide bonds. The molecule has 1 saturated carbocycles. The number of aromatic nitrogens is 2. The van der Waals surface area contributed by atoms with Gasteiger partial charge in [-0.1, -0.05) is 36.0 Å². The second kappa shape index (κ2) is 9.27. The smallest absolute Gasteiger partial charge is 0.410 e. The molecule has 1 fully saturated rings. The van der Waals surface area contributed by atoms with E-state index in [9.17, 15) is 9.59 Å². The second-order valence-electron chi connectivity index (χ2n) is 7.81. The van der Waals surface area contributed by atoms with Crippen molar-refractivity contribution in [2.45, 2.75) is 57.8 Å². The number of nitrogens with one attached hydrogen (secondary N) is 1. The van der Waals surface area contributed by atoms with Crippen molar-refractivity contribution in [3.8, 4) is 0 Å². The standard InChI is InChI=1S/C21H24Cl2N4O3/c22-15-8-14(9-16(23)10-15)13-30-21(29)26-6-3-7-27-18(12-26)11-19(25-27)20(28)24-17-4-1-2-5-17/h8-11,17H,1-7,12-13H2,(H,24,28). The summed E-state index contributed by atoms with van der Waals surface area (Å²) in [5.74, 6) is -0.144. The molecule has 1 aromatic carbocycles. The molecule has 0 spiro atoms. The van der Waals surface area contributed by atoms with E-state index >= 15 is 0 Å². The summed E-state index contributed by atoms with van der Waals surface area (Å²) in [4.78, 5) is 26.8. The fraction of sp³-hybridized carbons (Fsp3) is 0.476. The molecule has 1 aliphatic heterocycles. The van der Waals surface area contributed by atoms with Crippen LogP contribution in [0.15, 0.2) is 24.3 Å². The minimum Gasteiger partial charge on any atom is -0.445 e. The molecule has 30 heavy (non-hydrogen) atoms. The van der Waals surface area contributed by atoms with Gasteiger partial charge in [0.15, 0.2) is 5.69 Å². The number of carbonyl (C=O) groups is 2. The topological polar surface area (TPSA) is 76.5 Å². The normalized spacial score (nSPS) is 16.8. The van der Waals surface area contributed by atoms with Crippen LogP contribution in [0.2, 0.25) is 10.0 Å². The summed E-state index contributed by atoms with van der Waals surface area (Å²) in [6.45, 7) is 1.64. The minimum atomic E-state index is -0.419. The fourth-order valence-electron chi connectivity index (χ4n) is 3.99. The van der Waals surface area contributed by atoms with Crippen molar-refractivity contribution < 1.29 is 14.3 Å². The SMILES string of the molecule is O=C(NC1CCCC1)c1cc2n(n1)CCCN(C(=O)OCc1cc(Cl)cc(Cl)c1)C2. The third-order valence-corrected chi connectivity index (χ3v) is 5.92. The summed E-state index contributed by atoms with van der Waals surface area (Å²) < 4.78 is 7.26. The van der Waals surface area contributed by atoms with Crippen molar-refractivity contribution in [3.63, 3.8) is 0 Å². The van der Waals surface area contributed by atoms with Gasteiger partial charge >= 0.3 is 6.09 Å². The van der Waals surface area contributed by atoms with Crippen molar-refractivity contribution in [2.24, 2.45) is 0 Å². The number of ether oxygens (including phenoxy) is 1. The lowest BCUT2D eigenvalue weighted by Crippen LogP contribution is -2.33. The number of aryl methyl sites for hydroxylation is 1. The highest BCUT2D eigenvalue weighted by Crippen LogP contribution is 2.21. The van der Waals surface area contributed by atoms with Gasteiger partial charge in [-0.05, 0) is 49.1 Å². The Kier molecular flexibility index (Phi) is 6.49. The van der Waals surface area contributed by atoms with E-state index in [1.54, 1.807) is 29.2 Å². The van der Waals surface area contributed by atoms with Crippen LogP contribution in [0.4, 0.5) is 4.79 Å². The van der Waals surface area contributed by atoms with Crippen LogP contribution in [0.5, 0.6) is 0 Å². The third kappa shape index (κ3) is 5.08. The first kappa shape index (κ1) is 21.0. The maximum Gasteiger partial charge on any atom is 0.410 e. The minimum absolute atomic E-state index is 0.0872. The summed E-state index contributed by atoms with van der Waals surface area (Å²) in [7, 11) is 0. The number of hydrogen-bond acceptors (Lipinski definition) is 4. The number of benzene rings is 1. The lowest BCUT2D eigenvalue weighted by Gasteiger charge is -2.19. The molecule has 1 aromatic heterocycles. The van der Waals surface area contributed by atoms with Crippen LogP contribution in [0, 0.1) is 0 Å². The van der Waals surface area contributed by atoms with Crippen molar-refractivity contribution >= 4 is 35.2 Å². The highest BCUT2D eigenvalue weighted by molar-refractivity contribution is 6.34. The van der Waals surface area contributed by atoms with E-state index in [0.29, 0.717) is 35.4 Å². The molecule has 2 aromatic rings. The molecular weight excluding hydrogens is 427 g/mol. The van der Waals surface area contributed by atoms with Gasteiger partial charge in [0.05, 0.1) is 12.2 Å². The first-order valence-electron chi connectivity index (χ1n) is 10.2. The van der Waals surface area contributed by atoms with Gasteiger partial charge in [-0.2, -0.15) is 5.10 Å². The number of halogens is 2. The summed E-state index contributed by atoms with van der Waals surface area (Å²) >= 11 is 12.0. The number of fused-ring (bicyclic) bond motifs is 1. The highest BCUT2D eigenvalue weighted by atomic mass is 35.5. The number of hydrogen-bond donors (Lipinski definition) is 1. The second-order valence-corrected chi connectivity index (χ2v) is 8.68. The van der Waals surface area contributed by atoms with Gasteiger partial charge in [-0.15, -0.1) is 0 Å². The molecule has 2 aliphatic rings. The van der Waals surface area contributed by atoms with Gasteiger partial charge in [0.25, 0.3) is 5.91 Å².